The van der Waals surface area contributed by atoms with Crippen molar-refractivity contribution >= 4 is 15.9 Å². The van der Waals surface area contributed by atoms with Gasteiger partial charge >= 0.3 is 0 Å². The van der Waals surface area contributed by atoms with Gasteiger partial charge in [0, 0.05) is 26.2 Å². The number of hydrogen-bond donors (Lipinski definition) is 0. The van der Waals surface area contributed by atoms with Crippen LogP contribution in [0, 0.1) is 5.82 Å². The number of allylic oxidation sites excluding steroid dienone is 3. The van der Waals surface area contributed by atoms with Crippen LogP contribution in [0.15, 0.2) is 66.3 Å². The molecule has 0 unspecified atom stereocenters. The van der Waals surface area contributed by atoms with E-state index in [2.05, 4.69) is 13.2 Å². The monoisotopic (exact) mass is 380 g/mol. The fourth-order valence-corrected chi connectivity index (χ4v) is 3.88. The average Bonchev–Trinajstić information content (AvgIpc) is 2.65. The number of carbonyl (C=O) groups excluding carboxylic acids is 1. The minimum absolute atomic E-state index is 0.0344. The Kier molecular flexibility index (Phi) is 6.70. The molecular weight excluding hydrogens is 359 g/mol. The first kappa shape index (κ1) is 19.9. The predicted octanol–water partition coefficient (Wildman–Crippen LogP) is 1.93. The number of carbonyl (C=O) groups is 1. The van der Waals surface area contributed by atoms with Crippen molar-refractivity contribution in [2.45, 2.75) is 4.90 Å². The second-order valence-electron chi connectivity index (χ2n) is 5.54. The van der Waals surface area contributed by atoms with E-state index in [-0.39, 0.29) is 43.6 Å². The second-order valence-corrected chi connectivity index (χ2v) is 7.47. The third kappa shape index (κ3) is 4.80. The van der Waals surface area contributed by atoms with Crippen molar-refractivity contribution in [3.05, 3.63) is 67.2 Å². The number of rotatable bonds is 7. The number of piperazine rings is 1. The van der Waals surface area contributed by atoms with Crippen molar-refractivity contribution in [3.63, 3.8) is 0 Å². The van der Waals surface area contributed by atoms with Gasteiger partial charge in [-0.05, 0) is 36.4 Å². The average molecular weight is 380 g/mol. The molecule has 0 spiro atoms. The zero-order chi connectivity index (χ0) is 19.2. The summed E-state index contributed by atoms with van der Waals surface area (Å²) in [6.45, 7) is 7.83. The van der Waals surface area contributed by atoms with Crippen molar-refractivity contribution in [1.82, 2.24) is 9.21 Å². The summed E-state index contributed by atoms with van der Waals surface area (Å²) in [4.78, 5) is 13.8. The molecular formula is C18H21FN2O4S. The van der Waals surface area contributed by atoms with E-state index in [0.29, 0.717) is 5.76 Å². The molecule has 1 heterocycles. The predicted molar refractivity (Wildman–Crippen MR) is 96.2 cm³/mol. The van der Waals surface area contributed by atoms with Gasteiger partial charge in [-0.3, -0.25) is 4.79 Å². The van der Waals surface area contributed by atoms with Gasteiger partial charge in [-0.2, -0.15) is 4.31 Å². The number of amides is 1. The maximum Gasteiger partial charge on any atom is 0.260 e. The fraction of sp³-hybridized carbons (Fsp3) is 0.278. The Hall–Kier alpha value is -2.45. The summed E-state index contributed by atoms with van der Waals surface area (Å²) in [6, 6.07) is 4.69. The van der Waals surface area contributed by atoms with Crippen LogP contribution in [0.2, 0.25) is 0 Å². The Balaban J connectivity index is 1.93. The highest BCUT2D eigenvalue weighted by atomic mass is 32.2. The SMILES string of the molecule is C=C/C=C(\C=C)OCC(=O)N1CCN(S(=O)(=O)c2ccc(F)cc2)CC1. The third-order valence-corrected chi connectivity index (χ3v) is 5.80. The molecule has 0 radical (unpaired) electrons. The zero-order valence-corrected chi connectivity index (χ0v) is 15.1. The Bertz CT molecular complexity index is 795. The molecule has 1 aromatic carbocycles. The lowest BCUT2D eigenvalue weighted by Crippen LogP contribution is -2.51. The highest BCUT2D eigenvalue weighted by Gasteiger charge is 2.30. The summed E-state index contributed by atoms with van der Waals surface area (Å²) >= 11 is 0. The molecule has 26 heavy (non-hydrogen) atoms. The summed E-state index contributed by atoms with van der Waals surface area (Å²) in [6.07, 6.45) is 4.59. The minimum atomic E-state index is -3.70. The molecule has 140 valence electrons. The number of nitrogens with zero attached hydrogens (tertiary/aromatic N) is 2. The van der Waals surface area contributed by atoms with E-state index in [4.69, 9.17) is 4.74 Å². The minimum Gasteiger partial charge on any atom is -0.484 e. The molecule has 6 nitrogen and oxygen atoms in total. The van der Waals surface area contributed by atoms with Gasteiger partial charge in [0.1, 0.15) is 11.6 Å². The molecule has 0 aromatic heterocycles. The van der Waals surface area contributed by atoms with E-state index in [1.807, 2.05) is 0 Å². The van der Waals surface area contributed by atoms with Crippen molar-refractivity contribution in [2.24, 2.45) is 0 Å². The van der Waals surface area contributed by atoms with Crippen molar-refractivity contribution in [3.8, 4) is 0 Å². The van der Waals surface area contributed by atoms with Crippen LogP contribution in [0.3, 0.4) is 0 Å². The van der Waals surface area contributed by atoms with E-state index in [9.17, 15) is 17.6 Å². The molecule has 2 rings (SSSR count). The van der Waals surface area contributed by atoms with Crippen molar-refractivity contribution < 1.29 is 22.3 Å². The molecule has 0 N–H and O–H groups in total. The molecule has 8 heteroatoms. The van der Waals surface area contributed by atoms with Crippen molar-refractivity contribution in [2.75, 3.05) is 32.8 Å². The van der Waals surface area contributed by atoms with Gasteiger partial charge in [-0.15, -0.1) is 0 Å². The summed E-state index contributed by atoms with van der Waals surface area (Å²) in [5.74, 6) is -0.296. The molecule has 1 aliphatic heterocycles. The number of ether oxygens (including phenoxy) is 1. The molecule has 1 aliphatic rings. The van der Waals surface area contributed by atoms with Gasteiger partial charge in [-0.25, -0.2) is 12.8 Å². The molecule has 0 aliphatic carbocycles. The lowest BCUT2D eigenvalue weighted by Gasteiger charge is -2.34. The quantitative estimate of drug-likeness (QED) is 0.536. The van der Waals surface area contributed by atoms with Crippen LogP contribution in [0.1, 0.15) is 0 Å². The number of halogens is 1. The lowest BCUT2D eigenvalue weighted by atomic mass is 10.3. The van der Waals surface area contributed by atoms with Crippen LogP contribution in [-0.4, -0.2) is 56.3 Å². The normalized spacial score (nSPS) is 16.2. The van der Waals surface area contributed by atoms with E-state index in [0.717, 1.165) is 12.1 Å². The van der Waals surface area contributed by atoms with Crippen LogP contribution in [0.25, 0.3) is 0 Å². The Labute approximate surface area is 152 Å². The number of sulfonamides is 1. The smallest absolute Gasteiger partial charge is 0.260 e. The van der Waals surface area contributed by atoms with Crippen LogP contribution >= 0.6 is 0 Å². The first-order valence-electron chi connectivity index (χ1n) is 8.00. The maximum absolute atomic E-state index is 13.0. The van der Waals surface area contributed by atoms with Gasteiger partial charge in [0.25, 0.3) is 5.91 Å². The Morgan fingerprint density at radius 3 is 2.31 bits per heavy atom. The van der Waals surface area contributed by atoms with Gasteiger partial charge < -0.3 is 9.64 Å². The first-order chi connectivity index (χ1) is 12.4. The first-order valence-corrected chi connectivity index (χ1v) is 9.44. The van der Waals surface area contributed by atoms with E-state index >= 15 is 0 Å². The maximum atomic E-state index is 13.0. The van der Waals surface area contributed by atoms with Gasteiger partial charge in [0.2, 0.25) is 10.0 Å². The lowest BCUT2D eigenvalue weighted by molar-refractivity contribution is -0.135. The van der Waals surface area contributed by atoms with E-state index in [1.165, 1.54) is 28.6 Å². The molecule has 1 fully saturated rings. The summed E-state index contributed by atoms with van der Waals surface area (Å²) in [7, 11) is -3.70. The molecule has 1 amide bonds. The van der Waals surface area contributed by atoms with Crippen LogP contribution in [-0.2, 0) is 19.6 Å². The molecule has 1 aromatic rings. The largest absolute Gasteiger partial charge is 0.484 e. The second kappa shape index (κ2) is 8.77. The van der Waals surface area contributed by atoms with Crippen molar-refractivity contribution in [1.29, 1.82) is 0 Å². The molecule has 0 saturated carbocycles. The summed E-state index contributed by atoms with van der Waals surface area (Å²) in [5, 5.41) is 0. The van der Waals surface area contributed by atoms with Gasteiger partial charge in [0.15, 0.2) is 6.61 Å². The number of hydrogen-bond acceptors (Lipinski definition) is 4. The molecule has 0 atom stereocenters. The Morgan fingerprint density at radius 2 is 1.77 bits per heavy atom. The standard InChI is InChI=1S/C18H21FN2O4S/c1-3-5-16(4-2)25-14-18(22)20-10-12-21(13-11-20)26(23,24)17-8-6-15(19)7-9-17/h3-9H,1-2,10-14H2/b16-5+. The Morgan fingerprint density at radius 1 is 1.15 bits per heavy atom. The van der Waals surface area contributed by atoms with Crippen LogP contribution in [0.5, 0.6) is 0 Å². The topological polar surface area (TPSA) is 66.9 Å². The molecule has 1 saturated heterocycles. The van der Waals surface area contributed by atoms with Gasteiger partial charge in [-0.1, -0.05) is 19.2 Å². The van der Waals surface area contributed by atoms with Gasteiger partial charge in [0.05, 0.1) is 4.90 Å². The fourth-order valence-electron chi connectivity index (χ4n) is 2.46. The zero-order valence-electron chi connectivity index (χ0n) is 14.3. The summed E-state index contributed by atoms with van der Waals surface area (Å²) in [5.41, 5.74) is 0. The van der Waals surface area contributed by atoms with E-state index < -0.39 is 15.8 Å². The summed E-state index contributed by atoms with van der Waals surface area (Å²) < 4.78 is 44.7. The third-order valence-electron chi connectivity index (χ3n) is 3.89. The highest BCUT2D eigenvalue weighted by Crippen LogP contribution is 2.18. The van der Waals surface area contributed by atoms with E-state index in [1.54, 1.807) is 11.0 Å². The van der Waals surface area contributed by atoms with Crippen LogP contribution in [0.4, 0.5) is 4.39 Å². The molecule has 0 bridgehead atoms. The highest BCUT2D eigenvalue weighted by molar-refractivity contribution is 7.89. The number of benzene rings is 1. The van der Waals surface area contributed by atoms with Crippen LogP contribution < -0.4 is 0 Å².